The lowest BCUT2D eigenvalue weighted by Crippen LogP contribution is -2.37. The molecule has 2 unspecified atom stereocenters. The zero-order chi connectivity index (χ0) is 12.0. The molecule has 92 valence electrons. The third kappa shape index (κ3) is 1.44. The summed E-state index contributed by atoms with van der Waals surface area (Å²) in [6.45, 7) is 4.36. The van der Waals surface area contributed by atoms with Gasteiger partial charge in [-0.05, 0) is 24.8 Å². The molecule has 1 saturated heterocycles. The van der Waals surface area contributed by atoms with Crippen LogP contribution < -0.4 is 0 Å². The van der Waals surface area contributed by atoms with E-state index in [1.54, 1.807) is 12.5 Å². The van der Waals surface area contributed by atoms with Gasteiger partial charge in [-0.3, -0.25) is 4.79 Å². The van der Waals surface area contributed by atoms with Crippen LogP contribution in [0.5, 0.6) is 0 Å². The predicted molar refractivity (Wildman–Crippen MR) is 62.2 cm³/mol. The van der Waals surface area contributed by atoms with Crippen LogP contribution in [-0.4, -0.2) is 5.97 Å². The molecule has 2 fully saturated rings. The van der Waals surface area contributed by atoms with Crippen molar-refractivity contribution in [3.63, 3.8) is 0 Å². The Kier molecular flexibility index (Phi) is 2.32. The van der Waals surface area contributed by atoms with Gasteiger partial charge in [-0.1, -0.05) is 20.3 Å². The van der Waals surface area contributed by atoms with E-state index >= 15 is 0 Å². The van der Waals surface area contributed by atoms with Gasteiger partial charge in [0.1, 0.15) is 6.10 Å². The van der Waals surface area contributed by atoms with E-state index in [1.165, 1.54) is 6.42 Å². The number of hydrogen-bond donors (Lipinski definition) is 0. The van der Waals surface area contributed by atoms with E-state index in [-0.39, 0.29) is 23.4 Å². The quantitative estimate of drug-likeness (QED) is 0.700. The first-order valence-electron chi connectivity index (χ1n) is 6.35. The Labute approximate surface area is 101 Å². The van der Waals surface area contributed by atoms with Crippen molar-refractivity contribution in [2.75, 3.05) is 0 Å². The fourth-order valence-corrected chi connectivity index (χ4v) is 3.77. The van der Waals surface area contributed by atoms with Crippen LogP contribution >= 0.6 is 0 Å². The summed E-state index contributed by atoms with van der Waals surface area (Å²) in [5, 5.41) is 0. The molecule has 0 spiro atoms. The predicted octanol–water partition coefficient (Wildman–Crippen LogP) is 3.32. The molecule has 17 heavy (non-hydrogen) atoms. The highest BCUT2D eigenvalue weighted by atomic mass is 16.6. The Morgan fingerprint density at radius 1 is 1.47 bits per heavy atom. The van der Waals surface area contributed by atoms with Crippen molar-refractivity contribution in [2.24, 2.45) is 17.3 Å². The molecule has 3 nitrogen and oxygen atoms in total. The molecule has 3 rings (SSSR count). The molecule has 0 radical (unpaired) electrons. The van der Waals surface area contributed by atoms with Crippen molar-refractivity contribution in [1.29, 1.82) is 0 Å². The van der Waals surface area contributed by atoms with Gasteiger partial charge in [-0.2, -0.15) is 0 Å². The summed E-state index contributed by atoms with van der Waals surface area (Å²) in [5.41, 5.74) is 0.941. The van der Waals surface area contributed by atoms with Crippen molar-refractivity contribution in [3.8, 4) is 0 Å². The molecule has 3 heteroatoms. The fraction of sp³-hybridized carbons (Fsp3) is 0.643. The smallest absolute Gasteiger partial charge is 0.310 e. The van der Waals surface area contributed by atoms with Gasteiger partial charge in [0, 0.05) is 11.0 Å². The lowest BCUT2D eigenvalue weighted by atomic mass is 9.61. The molecule has 1 aromatic heterocycles. The van der Waals surface area contributed by atoms with Gasteiger partial charge in [-0.25, -0.2) is 0 Å². The van der Waals surface area contributed by atoms with E-state index in [0.717, 1.165) is 18.4 Å². The zero-order valence-electron chi connectivity index (χ0n) is 10.3. The van der Waals surface area contributed by atoms with Crippen LogP contribution in [0.4, 0.5) is 0 Å². The Balaban J connectivity index is 2.00. The van der Waals surface area contributed by atoms with E-state index in [2.05, 4.69) is 13.8 Å². The van der Waals surface area contributed by atoms with Crippen LogP contribution in [0.2, 0.25) is 0 Å². The third-order valence-corrected chi connectivity index (χ3v) is 4.59. The molecule has 0 aromatic carbocycles. The molecule has 1 aromatic rings. The van der Waals surface area contributed by atoms with Crippen molar-refractivity contribution in [3.05, 3.63) is 24.2 Å². The van der Waals surface area contributed by atoms with Crippen LogP contribution in [-0.2, 0) is 9.53 Å². The van der Waals surface area contributed by atoms with Gasteiger partial charge in [0.2, 0.25) is 0 Å². The second kappa shape index (κ2) is 3.62. The SMILES string of the molecule is C[C@H]1CCC[C@@]2(C)C(c3ccoc3)OC(=O)C12. The monoisotopic (exact) mass is 234 g/mol. The summed E-state index contributed by atoms with van der Waals surface area (Å²) in [4.78, 5) is 12.1. The van der Waals surface area contributed by atoms with Gasteiger partial charge < -0.3 is 9.15 Å². The maximum atomic E-state index is 12.1. The van der Waals surface area contributed by atoms with Gasteiger partial charge in [0.25, 0.3) is 0 Å². The number of hydrogen-bond acceptors (Lipinski definition) is 3. The fourth-order valence-electron chi connectivity index (χ4n) is 3.77. The topological polar surface area (TPSA) is 39.4 Å². The molecular weight excluding hydrogens is 216 g/mol. The molecule has 0 N–H and O–H groups in total. The Morgan fingerprint density at radius 3 is 3.00 bits per heavy atom. The maximum absolute atomic E-state index is 12.1. The molecule has 4 atom stereocenters. The maximum Gasteiger partial charge on any atom is 0.310 e. The van der Waals surface area contributed by atoms with Crippen molar-refractivity contribution in [2.45, 2.75) is 39.2 Å². The first-order chi connectivity index (χ1) is 8.13. The molecule has 1 aliphatic heterocycles. The Hall–Kier alpha value is -1.25. The number of ether oxygens (including phenoxy) is 1. The summed E-state index contributed by atoms with van der Waals surface area (Å²) in [6.07, 6.45) is 6.59. The van der Waals surface area contributed by atoms with Crippen molar-refractivity contribution < 1.29 is 13.9 Å². The number of esters is 1. The van der Waals surface area contributed by atoms with E-state index < -0.39 is 0 Å². The van der Waals surface area contributed by atoms with Crippen molar-refractivity contribution >= 4 is 5.97 Å². The van der Waals surface area contributed by atoms with Crippen LogP contribution in [0.3, 0.4) is 0 Å². The minimum atomic E-state index is -0.124. The minimum absolute atomic E-state index is 0.0223. The number of rotatable bonds is 1. The molecule has 0 bridgehead atoms. The molecule has 1 aliphatic carbocycles. The normalized spacial score (nSPS) is 41.1. The second-order valence-corrected chi connectivity index (χ2v) is 5.73. The molecule has 1 saturated carbocycles. The van der Waals surface area contributed by atoms with Crippen LogP contribution in [0.1, 0.15) is 44.8 Å². The number of furan rings is 1. The standard InChI is InChI=1S/C14H18O3/c1-9-4-3-6-14(2)11(9)13(15)17-12(14)10-5-7-16-8-10/h5,7-9,11-12H,3-4,6H2,1-2H3/t9-,11?,12?,14+/m0/s1. The first-order valence-corrected chi connectivity index (χ1v) is 6.35. The summed E-state index contributed by atoms with van der Waals surface area (Å²) in [6, 6.07) is 1.91. The Bertz CT molecular complexity index is 423. The lowest BCUT2D eigenvalue weighted by molar-refractivity contribution is -0.145. The minimum Gasteiger partial charge on any atom is -0.472 e. The zero-order valence-corrected chi connectivity index (χ0v) is 10.3. The largest absolute Gasteiger partial charge is 0.472 e. The summed E-state index contributed by atoms with van der Waals surface area (Å²) >= 11 is 0. The van der Waals surface area contributed by atoms with Gasteiger partial charge >= 0.3 is 5.97 Å². The van der Waals surface area contributed by atoms with Crippen LogP contribution in [0.15, 0.2) is 23.0 Å². The average molecular weight is 234 g/mol. The van der Waals surface area contributed by atoms with Crippen LogP contribution in [0, 0.1) is 17.3 Å². The summed E-state index contributed by atoms with van der Waals surface area (Å²) < 4.78 is 10.7. The van der Waals surface area contributed by atoms with E-state index in [9.17, 15) is 4.79 Å². The first kappa shape index (κ1) is 10.9. The van der Waals surface area contributed by atoms with E-state index in [0.29, 0.717) is 5.92 Å². The average Bonchev–Trinajstić information content (AvgIpc) is 2.85. The number of cyclic esters (lactones) is 1. The Morgan fingerprint density at radius 2 is 2.29 bits per heavy atom. The van der Waals surface area contributed by atoms with E-state index in [1.807, 2.05) is 6.07 Å². The highest BCUT2D eigenvalue weighted by Gasteiger charge is 2.57. The molecule has 2 heterocycles. The van der Waals surface area contributed by atoms with Gasteiger partial charge in [0.15, 0.2) is 0 Å². The highest BCUT2D eigenvalue weighted by molar-refractivity contribution is 5.77. The highest BCUT2D eigenvalue weighted by Crippen LogP contribution is 2.58. The van der Waals surface area contributed by atoms with Crippen molar-refractivity contribution in [1.82, 2.24) is 0 Å². The third-order valence-electron chi connectivity index (χ3n) is 4.59. The summed E-state index contributed by atoms with van der Waals surface area (Å²) in [7, 11) is 0. The molecular formula is C14H18O3. The molecule has 2 aliphatic rings. The van der Waals surface area contributed by atoms with Crippen LogP contribution in [0.25, 0.3) is 0 Å². The second-order valence-electron chi connectivity index (χ2n) is 5.73. The lowest BCUT2D eigenvalue weighted by Gasteiger charge is -2.39. The number of carbonyl (C=O) groups excluding carboxylic acids is 1. The number of carbonyl (C=O) groups is 1. The number of fused-ring (bicyclic) bond motifs is 1. The van der Waals surface area contributed by atoms with Gasteiger partial charge in [0.05, 0.1) is 18.4 Å². The summed E-state index contributed by atoms with van der Waals surface area (Å²) in [5.74, 6) is 0.459. The van der Waals surface area contributed by atoms with Gasteiger partial charge in [-0.15, -0.1) is 0 Å². The van der Waals surface area contributed by atoms with E-state index in [4.69, 9.17) is 9.15 Å². The molecule has 0 amide bonds.